The summed E-state index contributed by atoms with van der Waals surface area (Å²) in [7, 11) is 2.59. The number of hydrogen-bond acceptors (Lipinski definition) is 5. The molecule has 6 heteroatoms. The second-order valence-electron chi connectivity index (χ2n) is 5.48. The van der Waals surface area contributed by atoms with Crippen molar-refractivity contribution in [3.05, 3.63) is 0 Å². The second kappa shape index (κ2) is 14.4. The Kier molecular flexibility index (Phi) is 14.9. The quantitative estimate of drug-likeness (QED) is 0.256. The smallest absolute Gasteiger partial charge is 0.377 e. The van der Waals surface area contributed by atoms with Crippen LogP contribution in [0.4, 0.5) is 0 Å². The molecular weight excluding hydrogens is 320 g/mol. The Morgan fingerprint density at radius 2 is 1.24 bits per heavy atom. The molecule has 0 aliphatic heterocycles. The van der Waals surface area contributed by atoms with E-state index in [2.05, 4.69) is 25.3 Å². The lowest BCUT2D eigenvalue weighted by molar-refractivity contribution is 0.123. The van der Waals surface area contributed by atoms with Crippen molar-refractivity contribution < 1.29 is 13.3 Å². The van der Waals surface area contributed by atoms with Gasteiger partial charge in [0.1, 0.15) is 0 Å². The molecule has 0 fully saturated rings. The zero-order valence-corrected chi connectivity index (χ0v) is 16.8. The minimum Gasteiger partial charge on any atom is -0.377 e. The molecule has 0 N–H and O–H groups in total. The van der Waals surface area contributed by atoms with Crippen LogP contribution in [0.25, 0.3) is 0 Å². The molecule has 0 aromatic heterocycles. The van der Waals surface area contributed by atoms with Crippen LogP contribution in [0.5, 0.6) is 0 Å². The lowest BCUT2D eigenvalue weighted by Crippen LogP contribution is -2.43. The zero-order chi connectivity index (χ0) is 16.0. The summed E-state index contributed by atoms with van der Waals surface area (Å²) >= 11 is 8.91. The van der Waals surface area contributed by atoms with Crippen molar-refractivity contribution >= 4 is 34.1 Å². The summed E-state index contributed by atoms with van der Waals surface area (Å²) in [6.45, 7) is 0. The van der Waals surface area contributed by atoms with Gasteiger partial charge in [0.2, 0.25) is 0 Å². The minimum absolute atomic E-state index is 0.418. The van der Waals surface area contributed by atoms with E-state index in [1.165, 1.54) is 51.4 Å². The van der Waals surface area contributed by atoms with E-state index in [4.69, 9.17) is 13.3 Å². The molecule has 0 rings (SSSR count). The first-order valence-corrected chi connectivity index (χ1v) is 11.2. The maximum absolute atomic E-state index is 5.43. The summed E-state index contributed by atoms with van der Waals surface area (Å²) in [5, 5.41) is 0.418. The Balaban J connectivity index is 3.56. The summed E-state index contributed by atoms with van der Waals surface area (Å²) < 4.78 is 16.3. The first-order chi connectivity index (χ1) is 10.1. The Hall–Kier alpha value is 0.797. The lowest BCUT2D eigenvalue weighted by Gasteiger charge is -2.25. The predicted octanol–water partition coefficient (Wildman–Crippen LogP) is 4.60. The highest BCUT2D eigenvalue weighted by molar-refractivity contribution is 7.81. The van der Waals surface area contributed by atoms with Gasteiger partial charge in [-0.1, -0.05) is 38.5 Å². The summed E-state index contributed by atoms with van der Waals surface area (Å²) in [6.07, 6.45) is 11.4. The fourth-order valence-electron chi connectivity index (χ4n) is 2.42. The Labute approximate surface area is 143 Å². The highest BCUT2D eigenvalue weighted by Crippen LogP contribution is 2.22. The topological polar surface area (TPSA) is 27.7 Å². The molecule has 0 radical (unpaired) electrons. The first-order valence-electron chi connectivity index (χ1n) is 8.08. The van der Waals surface area contributed by atoms with Crippen LogP contribution in [0.1, 0.15) is 57.8 Å². The largest absolute Gasteiger partial charge is 0.500 e. The first kappa shape index (κ1) is 21.8. The fraction of sp³-hybridized carbons (Fsp3) is 1.00. The molecule has 0 saturated carbocycles. The van der Waals surface area contributed by atoms with Crippen LogP contribution < -0.4 is 0 Å². The van der Waals surface area contributed by atoms with E-state index in [0.29, 0.717) is 5.25 Å². The molecule has 3 nitrogen and oxygen atoms in total. The van der Waals surface area contributed by atoms with Crippen molar-refractivity contribution in [1.29, 1.82) is 0 Å². The van der Waals surface area contributed by atoms with Gasteiger partial charge < -0.3 is 13.3 Å². The minimum atomic E-state index is -2.41. The molecule has 0 aromatic rings. The van der Waals surface area contributed by atoms with Crippen LogP contribution >= 0.6 is 25.3 Å². The fourth-order valence-corrected chi connectivity index (χ4v) is 5.01. The monoisotopic (exact) mass is 354 g/mol. The molecule has 0 heterocycles. The summed E-state index contributed by atoms with van der Waals surface area (Å²) in [5.74, 6) is 1.02. The van der Waals surface area contributed by atoms with Crippen molar-refractivity contribution in [2.24, 2.45) is 0 Å². The van der Waals surface area contributed by atoms with E-state index in [0.717, 1.165) is 18.2 Å². The molecule has 0 aliphatic carbocycles. The van der Waals surface area contributed by atoms with E-state index >= 15 is 0 Å². The van der Waals surface area contributed by atoms with Gasteiger partial charge in [0.15, 0.2) is 0 Å². The van der Waals surface area contributed by atoms with Crippen LogP contribution in [0.3, 0.4) is 0 Å². The number of unbranched alkanes of at least 4 members (excludes halogenated alkanes) is 6. The van der Waals surface area contributed by atoms with E-state index in [-0.39, 0.29) is 0 Å². The standard InChI is InChI=1S/C15H34O3S2Si/c1-16-21(17-2,18-3)14-12-15(20)11-9-7-5-4-6-8-10-13-19/h15,19-20H,4-14H2,1-3H3. The van der Waals surface area contributed by atoms with Gasteiger partial charge in [-0.25, -0.2) is 0 Å². The maximum Gasteiger partial charge on any atom is 0.500 e. The van der Waals surface area contributed by atoms with Crippen molar-refractivity contribution in [3.63, 3.8) is 0 Å². The van der Waals surface area contributed by atoms with Crippen molar-refractivity contribution in [3.8, 4) is 0 Å². The van der Waals surface area contributed by atoms with E-state index in [1.54, 1.807) is 21.3 Å². The molecule has 21 heavy (non-hydrogen) atoms. The molecule has 0 bridgehead atoms. The maximum atomic E-state index is 5.43. The highest BCUT2D eigenvalue weighted by Gasteiger charge is 2.37. The van der Waals surface area contributed by atoms with Gasteiger partial charge in [-0.05, 0) is 25.0 Å². The lowest BCUT2D eigenvalue weighted by atomic mass is 10.1. The molecule has 0 aliphatic rings. The van der Waals surface area contributed by atoms with Gasteiger partial charge in [-0.15, -0.1) is 0 Å². The average Bonchev–Trinajstić information content (AvgIpc) is 2.52. The van der Waals surface area contributed by atoms with Gasteiger partial charge in [0, 0.05) is 32.6 Å². The number of rotatable bonds is 15. The average molecular weight is 355 g/mol. The van der Waals surface area contributed by atoms with Crippen molar-refractivity contribution in [2.45, 2.75) is 69.1 Å². The molecule has 1 atom stereocenters. The summed E-state index contributed by atoms with van der Waals surface area (Å²) in [4.78, 5) is 0. The van der Waals surface area contributed by atoms with E-state index < -0.39 is 8.80 Å². The molecule has 0 spiro atoms. The third-order valence-electron chi connectivity index (χ3n) is 3.91. The van der Waals surface area contributed by atoms with Crippen molar-refractivity contribution in [1.82, 2.24) is 0 Å². The Morgan fingerprint density at radius 1 is 0.762 bits per heavy atom. The molecule has 0 aromatic carbocycles. The molecule has 0 saturated heterocycles. The van der Waals surface area contributed by atoms with Crippen molar-refractivity contribution in [2.75, 3.05) is 27.1 Å². The summed E-state index contributed by atoms with van der Waals surface area (Å²) in [6, 6.07) is 0.842. The molecule has 1 unspecified atom stereocenters. The Bertz CT molecular complexity index is 221. The van der Waals surface area contributed by atoms with Crippen LogP contribution in [0.2, 0.25) is 6.04 Å². The SMILES string of the molecule is CO[Si](CCC(S)CCCCCCCCCS)(OC)OC. The molecular formula is C15H34O3S2Si. The van der Waals surface area contributed by atoms with E-state index in [9.17, 15) is 0 Å². The zero-order valence-electron chi connectivity index (χ0n) is 14.0. The van der Waals surface area contributed by atoms with Gasteiger partial charge in [0.05, 0.1) is 0 Å². The van der Waals surface area contributed by atoms with Gasteiger partial charge in [-0.2, -0.15) is 25.3 Å². The van der Waals surface area contributed by atoms with Gasteiger partial charge >= 0.3 is 8.80 Å². The highest BCUT2D eigenvalue weighted by atomic mass is 32.1. The van der Waals surface area contributed by atoms with E-state index in [1.807, 2.05) is 0 Å². The second-order valence-corrected chi connectivity index (χ2v) is 9.74. The molecule has 128 valence electrons. The van der Waals surface area contributed by atoms with Gasteiger partial charge in [0.25, 0.3) is 0 Å². The number of hydrogen-bond donors (Lipinski definition) is 2. The summed E-state index contributed by atoms with van der Waals surface area (Å²) in [5.41, 5.74) is 0. The third kappa shape index (κ3) is 11.0. The van der Waals surface area contributed by atoms with Crippen LogP contribution in [-0.2, 0) is 13.3 Å². The number of thiol groups is 2. The van der Waals surface area contributed by atoms with Gasteiger partial charge in [-0.3, -0.25) is 0 Å². The normalized spacial score (nSPS) is 13.6. The van der Waals surface area contributed by atoms with Crippen LogP contribution in [-0.4, -0.2) is 41.1 Å². The molecule has 0 amide bonds. The third-order valence-corrected chi connectivity index (χ3v) is 7.51. The predicted molar refractivity (Wildman–Crippen MR) is 99.8 cm³/mol. The van der Waals surface area contributed by atoms with Crippen LogP contribution in [0.15, 0.2) is 0 Å². The Morgan fingerprint density at radius 3 is 1.71 bits per heavy atom. The van der Waals surface area contributed by atoms with Crippen LogP contribution in [0, 0.1) is 0 Å².